The largest absolute Gasteiger partial charge is 0.496 e. The Labute approximate surface area is 126 Å². The molecule has 110 valence electrons. The molecular weight excluding hydrogens is 260 g/mol. The third kappa shape index (κ3) is 2.79. The van der Waals surface area contributed by atoms with E-state index in [9.17, 15) is 0 Å². The van der Waals surface area contributed by atoms with Gasteiger partial charge in [0.25, 0.3) is 0 Å². The van der Waals surface area contributed by atoms with E-state index in [0.29, 0.717) is 6.04 Å². The molecule has 1 aromatic carbocycles. The van der Waals surface area contributed by atoms with E-state index in [2.05, 4.69) is 42.3 Å². The minimum Gasteiger partial charge on any atom is -0.496 e. The molecule has 0 spiro atoms. The lowest BCUT2D eigenvalue weighted by Gasteiger charge is -2.22. The first-order valence-electron chi connectivity index (χ1n) is 7.53. The summed E-state index contributed by atoms with van der Waals surface area (Å²) in [5.41, 5.74) is 5.04. The molecule has 0 fully saturated rings. The average molecular weight is 282 g/mol. The van der Waals surface area contributed by atoms with Gasteiger partial charge in [0.2, 0.25) is 0 Å². The zero-order valence-electron chi connectivity index (χ0n) is 12.9. The fourth-order valence-corrected chi connectivity index (χ4v) is 3.16. The van der Waals surface area contributed by atoms with Crippen LogP contribution in [0, 0.1) is 6.92 Å². The van der Waals surface area contributed by atoms with E-state index in [1.54, 1.807) is 7.11 Å². The number of nitrogens with one attached hydrogen (secondary N) is 1. The molecule has 3 nitrogen and oxygen atoms in total. The summed E-state index contributed by atoms with van der Waals surface area (Å²) in [7, 11) is 1.73. The third-order valence-corrected chi connectivity index (χ3v) is 4.26. The van der Waals surface area contributed by atoms with Gasteiger partial charge in [0.1, 0.15) is 5.75 Å². The molecule has 21 heavy (non-hydrogen) atoms. The highest BCUT2D eigenvalue weighted by Crippen LogP contribution is 2.33. The SMILES string of the molecule is COc1ccc(C)cc1C(C)NC1CCc2cccnc21. The van der Waals surface area contributed by atoms with E-state index in [1.165, 1.54) is 22.4 Å². The second-order valence-electron chi connectivity index (χ2n) is 5.77. The number of hydrogen-bond donors (Lipinski definition) is 1. The van der Waals surface area contributed by atoms with E-state index >= 15 is 0 Å². The van der Waals surface area contributed by atoms with Crippen molar-refractivity contribution in [2.24, 2.45) is 0 Å². The van der Waals surface area contributed by atoms with Gasteiger partial charge in [-0.2, -0.15) is 0 Å². The highest BCUT2D eigenvalue weighted by Gasteiger charge is 2.25. The van der Waals surface area contributed by atoms with Crippen molar-refractivity contribution in [2.45, 2.75) is 38.8 Å². The number of methoxy groups -OCH3 is 1. The van der Waals surface area contributed by atoms with Gasteiger partial charge < -0.3 is 10.1 Å². The summed E-state index contributed by atoms with van der Waals surface area (Å²) >= 11 is 0. The van der Waals surface area contributed by atoms with Gasteiger partial charge in [-0.1, -0.05) is 23.8 Å². The summed E-state index contributed by atoms with van der Waals surface area (Å²) in [6.07, 6.45) is 4.11. The van der Waals surface area contributed by atoms with Gasteiger partial charge in [-0.05, 0) is 44.4 Å². The van der Waals surface area contributed by atoms with Crippen LogP contribution < -0.4 is 10.1 Å². The average Bonchev–Trinajstić information content (AvgIpc) is 2.90. The fourth-order valence-electron chi connectivity index (χ4n) is 3.16. The standard InChI is InChI=1S/C18H22N2O/c1-12-6-9-17(21-3)15(11-12)13(2)20-16-8-7-14-5-4-10-19-18(14)16/h4-6,9-11,13,16,20H,7-8H2,1-3H3. The summed E-state index contributed by atoms with van der Waals surface area (Å²) in [6, 6.07) is 11.1. The van der Waals surface area contributed by atoms with Crippen LogP contribution in [0.4, 0.5) is 0 Å². The number of aryl methyl sites for hydroxylation is 2. The Morgan fingerprint density at radius 1 is 1.33 bits per heavy atom. The maximum atomic E-state index is 5.50. The molecule has 0 saturated carbocycles. The van der Waals surface area contributed by atoms with Crippen molar-refractivity contribution in [1.82, 2.24) is 10.3 Å². The van der Waals surface area contributed by atoms with Crippen LogP contribution in [0.2, 0.25) is 0 Å². The first-order valence-corrected chi connectivity index (χ1v) is 7.53. The highest BCUT2D eigenvalue weighted by molar-refractivity contribution is 5.39. The molecule has 0 radical (unpaired) electrons. The van der Waals surface area contributed by atoms with E-state index in [1.807, 2.05) is 18.3 Å². The van der Waals surface area contributed by atoms with Crippen molar-refractivity contribution >= 4 is 0 Å². The monoisotopic (exact) mass is 282 g/mol. The Morgan fingerprint density at radius 3 is 3.00 bits per heavy atom. The number of benzene rings is 1. The van der Waals surface area contributed by atoms with Gasteiger partial charge in [-0.3, -0.25) is 4.98 Å². The third-order valence-electron chi connectivity index (χ3n) is 4.26. The molecular formula is C18H22N2O. The molecule has 0 amide bonds. The molecule has 3 rings (SSSR count). The highest BCUT2D eigenvalue weighted by atomic mass is 16.5. The number of nitrogens with zero attached hydrogens (tertiary/aromatic N) is 1. The van der Waals surface area contributed by atoms with Crippen molar-refractivity contribution in [3.05, 3.63) is 58.9 Å². The van der Waals surface area contributed by atoms with E-state index < -0.39 is 0 Å². The van der Waals surface area contributed by atoms with Gasteiger partial charge >= 0.3 is 0 Å². The van der Waals surface area contributed by atoms with Gasteiger partial charge in [0.05, 0.1) is 18.8 Å². The van der Waals surface area contributed by atoms with Crippen molar-refractivity contribution in [1.29, 1.82) is 0 Å². The summed E-state index contributed by atoms with van der Waals surface area (Å²) in [5.74, 6) is 0.944. The van der Waals surface area contributed by atoms with Crippen molar-refractivity contribution in [2.75, 3.05) is 7.11 Å². The predicted octanol–water partition coefficient (Wildman–Crippen LogP) is 3.74. The lowest BCUT2D eigenvalue weighted by atomic mass is 10.0. The summed E-state index contributed by atoms with van der Waals surface area (Å²) in [6.45, 7) is 4.31. The van der Waals surface area contributed by atoms with Crippen LogP contribution in [0.15, 0.2) is 36.5 Å². The number of aromatic nitrogens is 1. The number of rotatable bonds is 4. The summed E-state index contributed by atoms with van der Waals surface area (Å²) < 4.78 is 5.50. The van der Waals surface area contributed by atoms with Gasteiger partial charge in [0.15, 0.2) is 0 Å². The molecule has 1 aliphatic carbocycles. The molecule has 1 aromatic heterocycles. The first-order chi connectivity index (χ1) is 10.2. The Morgan fingerprint density at radius 2 is 2.19 bits per heavy atom. The molecule has 2 unspecified atom stereocenters. The molecule has 3 heteroatoms. The topological polar surface area (TPSA) is 34.1 Å². The Bertz CT molecular complexity index is 639. The maximum Gasteiger partial charge on any atom is 0.123 e. The Balaban J connectivity index is 1.82. The normalized spacial score (nSPS) is 18.3. The second-order valence-corrected chi connectivity index (χ2v) is 5.77. The lowest BCUT2D eigenvalue weighted by molar-refractivity contribution is 0.392. The quantitative estimate of drug-likeness (QED) is 0.927. The van der Waals surface area contributed by atoms with Crippen molar-refractivity contribution in [3.63, 3.8) is 0 Å². The Hall–Kier alpha value is -1.87. The molecule has 1 N–H and O–H groups in total. The minimum atomic E-state index is 0.234. The number of fused-ring (bicyclic) bond motifs is 1. The molecule has 0 aliphatic heterocycles. The maximum absolute atomic E-state index is 5.50. The molecule has 2 atom stereocenters. The predicted molar refractivity (Wildman–Crippen MR) is 84.6 cm³/mol. The van der Waals surface area contributed by atoms with Crippen LogP contribution in [0.1, 0.15) is 47.8 Å². The molecule has 1 aliphatic rings. The zero-order valence-corrected chi connectivity index (χ0v) is 12.9. The van der Waals surface area contributed by atoms with E-state index in [0.717, 1.165) is 18.6 Å². The van der Waals surface area contributed by atoms with E-state index in [-0.39, 0.29) is 6.04 Å². The summed E-state index contributed by atoms with van der Waals surface area (Å²) in [5, 5.41) is 3.71. The van der Waals surface area contributed by atoms with Crippen LogP contribution in [-0.4, -0.2) is 12.1 Å². The number of hydrogen-bond acceptors (Lipinski definition) is 3. The van der Waals surface area contributed by atoms with Crippen LogP contribution in [0.5, 0.6) is 5.75 Å². The lowest BCUT2D eigenvalue weighted by Crippen LogP contribution is -2.24. The molecule has 1 heterocycles. The molecule has 0 saturated heterocycles. The van der Waals surface area contributed by atoms with Gasteiger partial charge in [-0.25, -0.2) is 0 Å². The minimum absolute atomic E-state index is 0.234. The van der Waals surface area contributed by atoms with Crippen molar-refractivity contribution in [3.8, 4) is 5.75 Å². The first kappa shape index (κ1) is 14.1. The van der Waals surface area contributed by atoms with Gasteiger partial charge in [0, 0.05) is 17.8 Å². The van der Waals surface area contributed by atoms with Crippen LogP contribution in [0.25, 0.3) is 0 Å². The van der Waals surface area contributed by atoms with Crippen LogP contribution in [0.3, 0.4) is 0 Å². The summed E-state index contributed by atoms with van der Waals surface area (Å²) in [4.78, 5) is 4.55. The smallest absolute Gasteiger partial charge is 0.123 e. The van der Waals surface area contributed by atoms with Crippen LogP contribution in [-0.2, 0) is 6.42 Å². The molecule has 0 bridgehead atoms. The zero-order chi connectivity index (χ0) is 14.8. The number of ether oxygens (including phenoxy) is 1. The Kier molecular flexibility index (Phi) is 3.93. The van der Waals surface area contributed by atoms with Crippen molar-refractivity contribution < 1.29 is 4.74 Å². The second kappa shape index (κ2) is 5.86. The van der Waals surface area contributed by atoms with E-state index in [4.69, 9.17) is 4.74 Å². The van der Waals surface area contributed by atoms with Gasteiger partial charge in [-0.15, -0.1) is 0 Å². The van der Waals surface area contributed by atoms with Crippen LogP contribution >= 0.6 is 0 Å². The number of pyridine rings is 1. The fraction of sp³-hybridized carbons (Fsp3) is 0.389. The molecule has 2 aromatic rings.